The fraction of sp³-hybridized carbons (Fsp3) is 0.250. The van der Waals surface area contributed by atoms with Crippen LogP contribution in [0, 0.1) is 5.92 Å². The van der Waals surface area contributed by atoms with Gasteiger partial charge in [0.15, 0.2) is 0 Å². The fourth-order valence-corrected chi connectivity index (χ4v) is 2.82. The summed E-state index contributed by atoms with van der Waals surface area (Å²) in [6.07, 6.45) is 2.98. The maximum absolute atomic E-state index is 12.1. The Kier molecular flexibility index (Phi) is 3.60. The first kappa shape index (κ1) is 15.2. The van der Waals surface area contributed by atoms with E-state index in [-0.39, 0.29) is 23.3 Å². The third-order valence-corrected chi connectivity index (χ3v) is 4.14. The van der Waals surface area contributed by atoms with E-state index in [9.17, 15) is 14.7 Å². The Hall–Kier alpha value is -3.36. The third kappa shape index (κ3) is 3.03. The van der Waals surface area contributed by atoms with Crippen LogP contribution in [-0.2, 0) is 6.54 Å². The molecule has 1 amide bonds. The average molecular weight is 341 g/mol. The summed E-state index contributed by atoms with van der Waals surface area (Å²) in [4.78, 5) is 27.0. The van der Waals surface area contributed by atoms with Gasteiger partial charge in [-0.3, -0.25) is 14.5 Å². The van der Waals surface area contributed by atoms with Crippen LogP contribution in [0.4, 0.5) is 0 Å². The number of rotatable bonds is 4. The van der Waals surface area contributed by atoms with Gasteiger partial charge in [-0.1, -0.05) is 5.21 Å². The summed E-state index contributed by atoms with van der Waals surface area (Å²) in [6.45, 7) is 1.82. The van der Waals surface area contributed by atoms with E-state index in [2.05, 4.69) is 19.7 Å². The van der Waals surface area contributed by atoms with Gasteiger partial charge in [0.25, 0.3) is 5.91 Å². The number of amides is 1. The minimum atomic E-state index is -0.634. The summed E-state index contributed by atoms with van der Waals surface area (Å²) in [6, 6.07) is 6.76. The summed E-state index contributed by atoms with van der Waals surface area (Å²) in [5, 5.41) is 17.6. The molecule has 0 spiro atoms. The van der Waals surface area contributed by atoms with Gasteiger partial charge in [-0.05, 0) is 24.3 Å². The molecule has 0 radical (unpaired) electrons. The van der Waals surface area contributed by atoms with Crippen LogP contribution < -0.4 is 5.76 Å². The van der Waals surface area contributed by atoms with Gasteiger partial charge in [-0.15, -0.1) is 5.10 Å². The average Bonchev–Trinajstić information content (AvgIpc) is 3.20. The Morgan fingerprint density at radius 3 is 2.76 bits per heavy atom. The molecule has 128 valence electrons. The molecule has 25 heavy (non-hydrogen) atoms. The molecule has 0 unspecified atom stereocenters. The first-order chi connectivity index (χ1) is 12.1. The number of nitrogens with zero attached hydrogens (tertiary/aromatic N) is 4. The molecule has 1 saturated heterocycles. The van der Waals surface area contributed by atoms with Crippen molar-refractivity contribution in [2.24, 2.45) is 5.92 Å². The molecule has 3 heterocycles. The number of carbonyl (C=O) groups is 1. The van der Waals surface area contributed by atoms with Crippen molar-refractivity contribution >= 4 is 5.91 Å². The van der Waals surface area contributed by atoms with Crippen molar-refractivity contribution in [1.82, 2.24) is 24.9 Å². The van der Waals surface area contributed by atoms with Crippen LogP contribution in [0.25, 0.3) is 11.3 Å². The van der Waals surface area contributed by atoms with Crippen LogP contribution in [0.3, 0.4) is 0 Å². The fourth-order valence-electron chi connectivity index (χ4n) is 2.82. The molecule has 1 fully saturated rings. The number of benzene rings is 1. The predicted molar refractivity (Wildman–Crippen MR) is 85.8 cm³/mol. The number of phenolic OH excluding ortho intramolecular Hbond substituents is 1. The number of oxazole rings is 1. The lowest BCUT2D eigenvalue weighted by Gasteiger charge is -2.38. The van der Waals surface area contributed by atoms with Crippen molar-refractivity contribution in [3.05, 3.63) is 53.0 Å². The van der Waals surface area contributed by atoms with E-state index in [1.165, 1.54) is 0 Å². The smallest absolute Gasteiger partial charge is 0.416 e. The monoisotopic (exact) mass is 341 g/mol. The van der Waals surface area contributed by atoms with Crippen molar-refractivity contribution < 1.29 is 14.3 Å². The van der Waals surface area contributed by atoms with Crippen LogP contribution in [-0.4, -0.2) is 49.0 Å². The lowest BCUT2D eigenvalue weighted by Crippen LogP contribution is -2.51. The van der Waals surface area contributed by atoms with E-state index < -0.39 is 5.76 Å². The quantitative estimate of drug-likeness (QED) is 0.721. The molecule has 0 bridgehead atoms. The van der Waals surface area contributed by atoms with Gasteiger partial charge in [0.2, 0.25) is 0 Å². The van der Waals surface area contributed by atoms with E-state index in [4.69, 9.17) is 0 Å². The molecular formula is C16H15N5O4. The highest BCUT2D eigenvalue weighted by Crippen LogP contribution is 2.22. The van der Waals surface area contributed by atoms with Crippen LogP contribution in [0.5, 0.6) is 5.75 Å². The van der Waals surface area contributed by atoms with Crippen LogP contribution in [0.15, 0.2) is 45.9 Å². The molecule has 1 aliphatic rings. The van der Waals surface area contributed by atoms with Gasteiger partial charge in [0, 0.05) is 31.1 Å². The molecule has 0 aliphatic carbocycles. The number of hydrogen-bond acceptors (Lipinski definition) is 6. The highest BCUT2D eigenvalue weighted by Gasteiger charge is 2.32. The van der Waals surface area contributed by atoms with Crippen LogP contribution in [0.2, 0.25) is 0 Å². The molecule has 1 aliphatic heterocycles. The van der Waals surface area contributed by atoms with Gasteiger partial charge >= 0.3 is 5.76 Å². The molecule has 2 N–H and O–H groups in total. The van der Waals surface area contributed by atoms with E-state index in [0.717, 1.165) is 17.5 Å². The van der Waals surface area contributed by atoms with Crippen molar-refractivity contribution in [2.45, 2.75) is 6.54 Å². The minimum absolute atomic E-state index is 0.166. The zero-order chi connectivity index (χ0) is 17.4. The number of aromatic amines is 1. The van der Waals surface area contributed by atoms with Gasteiger partial charge in [-0.2, -0.15) is 0 Å². The minimum Gasteiger partial charge on any atom is -0.508 e. The molecule has 3 aromatic rings. The maximum atomic E-state index is 12.1. The third-order valence-electron chi connectivity index (χ3n) is 4.14. The molecule has 4 rings (SSSR count). The molecular weight excluding hydrogens is 326 g/mol. The Bertz CT molecular complexity index is 949. The van der Waals surface area contributed by atoms with Crippen molar-refractivity contribution in [3.8, 4) is 17.0 Å². The van der Waals surface area contributed by atoms with Crippen LogP contribution >= 0.6 is 0 Å². The summed E-state index contributed by atoms with van der Waals surface area (Å²) in [5.74, 6) is -0.401. The number of H-pyrrole nitrogens is 1. The zero-order valence-corrected chi connectivity index (χ0v) is 13.1. The molecule has 1 aromatic carbocycles. The number of likely N-dealkylation sites (tertiary alicyclic amines) is 1. The summed E-state index contributed by atoms with van der Waals surface area (Å²) >= 11 is 0. The second-order valence-corrected chi connectivity index (χ2v) is 6.01. The van der Waals surface area contributed by atoms with Crippen molar-refractivity contribution in [3.63, 3.8) is 0 Å². The first-order valence-electron chi connectivity index (χ1n) is 7.75. The largest absolute Gasteiger partial charge is 0.508 e. The van der Waals surface area contributed by atoms with E-state index >= 15 is 0 Å². The molecule has 2 aromatic heterocycles. The second kappa shape index (κ2) is 5.93. The maximum Gasteiger partial charge on any atom is 0.416 e. The standard InChI is InChI=1S/C16H15N5O4/c22-12-3-1-11(2-4-12)13-8-21(19-18-13)7-10-5-20(6-10)15(23)14-9-25-16(24)17-14/h1-4,8-10,22H,5-7H2,(H,17,24). The zero-order valence-electron chi connectivity index (χ0n) is 13.1. The highest BCUT2D eigenvalue weighted by atomic mass is 16.4. The Morgan fingerprint density at radius 1 is 1.32 bits per heavy atom. The van der Waals surface area contributed by atoms with Gasteiger partial charge in [0.1, 0.15) is 23.4 Å². The van der Waals surface area contributed by atoms with E-state index in [1.807, 2.05) is 6.20 Å². The lowest BCUT2D eigenvalue weighted by atomic mass is 10.00. The lowest BCUT2D eigenvalue weighted by molar-refractivity contribution is 0.0454. The number of phenols is 1. The molecule has 0 atom stereocenters. The number of hydrogen-bond donors (Lipinski definition) is 2. The Balaban J connectivity index is 1.35. The van der Waals surface area contributed by atoms with Crippen molar-refractivity contribution in [2.75, 3.05) is 13.1 Å². The summed E-state index contributed by atoms with van der Waals surface area (Å²) in [7, 11) is 0. The van der Waals surface area contributed by atoms with Crippen molar-refractivity contribution in [1.29, 1.82) is 0 Å². The second-order valence-electron chi connectivity index (χ2n) is 6.01. The number of nitrogens with one attached hydrogen (secondary N) is 1. The molecule has 9 heteroatoms. The summed E-state index contributed by atoms with van der Waals surface area (Å²) < 4.78 is 6.33. The molecule has 9 nitrogen and oxygen atoms in total. The first-order valence-corrected chi connectivity index (χ1v) is 7.75. The summed E-state index contributed by atoms with van der Waals surface area (Å²) in [5.41, 5.74) is 1.76. The van der Waals surface area contributed by atoms with E-state index in [0.29, 0.717) is 19.6 Å². The normalized spacial score (nSPS) is 14.5. The van der Waals surface area contributed by atoms with E-state index in [1.54, 1.807) is 33.8 Å². The molecule has 0 saturated carbocycles. The Labute approximate surface area is 141 Å². The topological polar surface area (TPSA) is 117 Å². The SMILES string of the molecule is O=C(c1coc(=O)[nH]1)N1CC(Cn2cc(-c3ccc(O)cc3)nn2)C1. The van der Waals surface area contributed by atoms with Crippen LogP contribution in [0.1, 0.15) is 10.5 Å². The van der Waals surface area contributed by atoms with Gasteiger partial charge in [0.05, 0.1) is 6.20 Å². The number of carbonyl (C=O) groups excluding carboxylic acids is 1. The van der Waals surface area contributed by atoms with Gasteiger partial charge in [-0.25, -0.2) is 4.79 Å². The number of aromatic nitrogens is 4. The highest BCUT2D eigenvalue weighted by molar-refractivity contribution is 5.92. The Morgan fingerprint density at radius 2 is 2.08 bits per heavy atom. The predicted octanol–water partition coefficient (Wildman–Crippen LogP) is 0.704. The van der Waals surface area contributed by atoms with Gasteiger partial charge < -0.3 is 14.4 Å². The number of aromatic hydroxyl groups is 1.